The largest absolute Gasteiger partial charge is 0.330 e. The number of ketones is 1. The van der Waals surface area contributed by atoms with Gasteiger partial charge in [0.1, 0.15) is 5.69 Å². The van der Waals surface area contributed by atoms with E-state index in [1.54, 1.807) is 12.3 Å². The van der Waals surface area contributed by atoms with Crippen LogP contribution in [-0.2, 0) is 0 Å². The number of rotatable bonds is 3. The van der Waals surface area contributed by atoms with Crippen molar-refractivity contribution in [2.75, 3.05) is 6.54 Å². The first kappa shape index (κ1) is 9.34. The van der Waals surface area contributed by atoms with Crippen LogP contribution < -0.4 is 5.73 Å². The Morgan fingerprint density at radius 2 is 2.36 bits per heavy atom. The molecule has 1 aliphatic carbocycles. The van der Waals surface area contributed by atoms with Crippen LogP contribution in [0.25, 0.3) is 0 Å². The standard InChI is InChI=1S/C11H14N2O/c12-7-8-4-5-9(8)11(14)10-3-1-2-6-13-10/h1-3,6,8-9H,4-5,7,12H2/t8?,9-/m0/s1. The summed E-state index contributed by atoms with van der Waals surface area (Å²) in [6.07, 6.45) is 3.71. The van der Waals surface area contributed by atoms with E-state index < -0.39 is 0 Å². The van der Waals surface area contributed by atoms with Crippen molar-refractivity contribution in [3.05, 3.63) is 30.1 Å². The summed E-state index contributed by atoms with van der Waals surface area (Å²) in [6, 6.07) is 5.43. The molecule has 0 spiro atoms. The van der Waals surface area contributed by atoms with Gasteiger partial charge in [0.2, 0.25) is 0 Å². The molecule has 1 heterocycles. The third-order valence-electron chi connectivity index (χ3n) is 2.97. The fourth-order valence-electron chi connectivity index (χ4n) is 1.89. The number of pyridine rings is 1. The monoisotopic (exact) mass is 190 g/mol. The Balaban J connectivity index is 2.09. The smallest absolute Gasteiger partial charge is 0.184 e. The lowest BCUT2D eigenvalue weighted by Crippen LogP contribution is -2.38. The normalized spacial score (nSPS) is 25.5. The molecule has 0 aromatic carbocycles. The molecule has 1 saturated carbocycles. The zero-order valence-corrected chi connectivity index (χ0v) is 8.02. The summed E-state index contributed by atoms with van der Waals surface area (Å²) < 4.78 is 0. The van der Waals surface area contributed by atoms with Crippen molar-refractivity contribution in [2.45, 2.75) is 12.8 Å². The molecule has 3 heteroatoms. The maximum absolute atomic E-state index is 11.9. The van der Waals surface area contributed by atoms with E-state index in [-0.39, 0.29) is 11.7 Å². The predicted octanol–water partition coefficient (Wildman–Crippen LogP) is 1.25. The Hall–Kier alpha value is -1.22. The molecule has 1 unspecified atom stereocenters. The lowest BCUT2D eigenvalue weighted by molar-refractivity contribution is 0.0744. The molecule has 2 N–H and O–H groups in total. The molecular formula is C11H14N2O. The topological polar surface area (TPSA) is 56.0 Å². The highest BCUT2D eigenvalue weighted by Gasteiger charge is 2.36. The number of nitrogens with zero attached hydrogens (tertiary/aromatic N) is 1. The van der Waals surface area contributed by atoms with E-state index in [1.165, 1.54) is 0 Å². The molecule has 1 aliphatic rings. The van der Waals surface area contributed by atoms with Gasteiger partial charge in [-0.2, -0.15) is 0 Å². The Morgan fingerprint density at radius 1 is 1.50 bits per heavy atom. The molecule has 0 bridgehead atoms. The number of carbonyl (C=O) groups is 1. The van der Waals surface area contributed by atoms with Crippen LogP contribution in [-0.4, -0.2) is 17.3 Å². The lowest BCUT2D eigenvalue weighted by Gasteiger charge is -2.34. The van der Waals surface area contributed by atoms with Crippen LogP contribution in [0.1, 0.15) is 23.3 Å². The van der Waals surface area contributed by atoms with Crippen molar-refractivity contribution in [3.8, 4) is 0 Å². The first-order chi connectivity index (χ1) is 6.83. The summed E-state index contributed by atoms with van der Waals surface area (Å²) in [6.45, 7) is 0.614. The third kappa shape index (κ3) is 1.55. The molecule has 1 fully saturated rings. The summed E-state index contributed by atoms with van der Waals surface area (Å²) in [4.78, 5) is 15.9. The SMILES string of the molecule is NCC1CC[C@@H]1C(=O)c1ccccn1. The summed E-state index contributed by atoms with van der Waals surface area (Å²) >= 11 is 0. The van der Waals surface area contributed by atoms with Crippen molar-refractivity contribution in [2.24, 2.45) is 17.6 Å². The molecule has 74 valence electrons. The minimum Gasteiger partial charge on any atom is -0.330 e. The second kappa shape index (κ2) is 3.88. The van der Waals surface area contributed by atoms with Crippen LogP contribution in [0, 0.1) is 11.8 Å². The van der Waals surface area contributed by atoms with E-state index >= 15 is 0 Å². The van der Waals surface area contributed by atoms with Gasteiger partial charge in [0.25, 0.3) is 0 Å². The fraction of sp³-hybridized carbons (Fsp3) is 0.455. The van der Waals surface area contributed by atoms with Crippen molar-refractivity contribution in [3.63, 3.8) is 0 Å². The van der Waals surface area contributed by atoms with Crippen LogP contribution in [0.4, 0.5) is 0 Å². The zero-order valence-electron chi connectivity index (χ0n) is 8.02. The fourth-order valence-corrected chi connectivity index (χ4v) is 1.89. The van der Waals surface area contributed by atoms with Gasteiger partial charge >= 0.3 is 0 Å². The number of hydrogen-bond donors (Lipinski definition) is 1. The molecule has 0 amide bonds. The van der Waals surface area contributed by atoms with E-state index in [2.05, 4.69) is 4.98 Å². The highest BCUT2D eigenvalue weighted by Crippen LogP contribution is 2.35. The minimum atomic E-state index is 0.120. The summed E-state index contributed by atoms with van der Waals surface area (Å²) in [7, 11) is 0. The first-order valence-electron chi connectivity index (χ1n) is 4.98. The van der Waals surface area contributed by atoms with Crippen molar-refractivity contribution in [1.29, 1.82) is 0 Å². The van der Waals surface area contributed by atoms with E-state index in [9.17, 15) is 4.79 Å². The molecular weight excluding hydrogens is 176 g/mol. The molecule has 2 atom stereocenters. The van der Waals surface area contributed by atoms with Crippen LogP contribution in [0.3, 0.4) is 0 Å². The number of Topliss-reactive ketones (excluding diaryl/α,β-unsaturated/α-hetero) is 1. The van der Waals surface area contributed by atoms with Crippen molar-refractivity contribution in [1.82, 2.24) is 4.98 Å². The van der Waals surface area contributed by atoms with Crippen LogP contribution in [0.5, 0.6) is 0 Å². The molecule has 1 aromatic heterocycles. The Bertz CT molecular complexity index is 321. The highest BCUT2D eigenvalue weighted by atomic mass is 16.1. The molecule has 0 radical (unpaired) electrons. The average Bonchev–Trinajstić information content (AvgIpc) is 2.18. The molecule has 1 aromatic rings. The van der Waals surface area contributed by atoms with Gasteiger partial charge in [-0.25, -0.2) is 0 Å². The Morgan fingerprint density at radius 3 is 2.86 bits per heavy atom. The van der Waals surface area contributed by atoms with E-state index in [4.69, 9.17) is 5.73 Å². The number of nitrogens with two attached hydrogens (primary N) is 1. The Kier molecular flexibility index (Phi) is 2.59. The maximum atomic E-state index is 11.9. The Labute approximate surface area is 83.3 Å². The minimum absolute atomic E-state index is 0.120. The van der Waals surface area contributed by atoms with Gasteiger partial charge in [0.15, 0.2) is 5.78 Å². The third-order valence-corrected chi connectivity index (χ3v) is 2.97. The lowest BCUT2D eigenvalue weighted by atomic mass is 9.71. The molecule has 0 saturated heterocycles. The van der Waals surface area contributed by atoms with Gasteiger partial charge < -0.3 is 5.73 Å². The highest BCUT2D eigenvalue weighted by molar-refractivity contribution is 5.96. The van der Waals surface area contributed by atoms with Gasteiger partial charge in [-0.3, -0.25) is 9.78 Å². The van der Waals surface area contributed by atoms with Gasteiger partial charge in [0, 0.05) is 12.1 Å². The molecule has 0 aliphatic heterocycles. The summed E-state index contributed by atoms with van der Waals surface area (Å²) in [5.41, 5.74) is 6.15. The first-order valence-corrected chi connectivity index (χ1v) is 4.98. The molecule has 2 rings (SSSR count). The van der Waals surface area contributed by atoms with Crippen LogP contribution in [0.15, 0.2) is 24.4 Å². The molecule has 14 heavy (non-hydrogen) atoms. The summed E-state index contributed by atoms with van der Waals surface area (Å²) in [5, 5.41) is 0. The maximum Gasteiger partial charge on any atom is 0.184 e. The van der Waals surface area contributed by atoms with Gasteiger partial charge in [-0.15, -0.1) is 0 Å². The second-order valence-electron chi connectivity index (χ2n) is 3.76. The van der Waals surface area contributed by atoms with Gasteiger partial charge in [0.05, 0.1) is 0 Å². The quantitative estimate of drug-likeness (QED) is 0.730. The number of hydrogen-bond acceptors (Lipinski definition) is 3. The average molecular weight is 190 g/mol. The van der Waals surface area contributed by atoms with Crippen LogP contribution in [0.2, 0.25) is 0 Å². The van der Waals surface area contributed by atoms with Gasteiger partial charge in [-0.05, 0) is 37.4 Å². The van der Waals surface area contributed by atoms with E-state index in [1.807, 2.05) is 12.1 Å². The summed E-state index contributed by atoms with van der Waals surface area (Å²) in [5.74, 6) is 0.659. The number of aromatic nitrogens is 1. The number of carbonyl (C=O) groups excluding carboxylic acids is 1. The van der Waals surface area contributed by atoms with Crippen molar-refractivity contribution >= 4 is 5.78 Å². The van der Waals surface area contributed by atoms with E-state index in [0.717, 1.165) is 12.8 Å². The zero-order chi connectivity index (χ0) is 9.97. The van der Waals surface area contributed by atoms with Gasteiger partial charge in [-0.1, -0.05) is 6.07 Å². The predicted molar refractivity (Wildman–Crippen MR) is 53.8 cm³/mol. The molecule has 3 nitrogen and oxygen atoms in total. The van der Waals surface area contributed by atoms with Crippen molar-refractivity contribution < 1.29 is 4.79 Å². The van der Waals surface area contributed by atoms with Crippen LogP contribution >= 0.6 is 0 Å². The second-order valence-corrected chi connectivity index (χ2v) is 3.76. The van der Waals surface area contributed by atoms with E-state index in [0.29, 0.717) is 18.2 Å².